The number of hydrogen-bond donors (Lipinski definition) is 1. The van der Waals surface area contributed by atoms with E-state index in [0.717, 1.165) is 61.9 Å². The van der Waals surface area contributed by atoms with Crippen LogP contribution in [0.4, 0.5) is 22.7 Å². The molecule has 13 rings (SSSR count). The van der Waals surface area contributed by atoms with Crippen LogP contribution in [0.2, 0.25) is 6.82 Å². The van der Waals surface area contributed by atoms with Crippen molar-refractivity contribution in [3.8, 4) is 39.6 Å². The molecule has 0 fully saturated rings. The minimum Gasteiger partial charge on any atom is -0.509 e. The van der Waals surface area contributed by atoms with E-state index in [0.29, 0.717) is 11.5 Å². The predicted octanol–water partition coefficient (Wildman–Crippen LogP) is 12.1. The third kappa shape index (κ3) is 7.43. The largest absolute Gasteiger partial charge is 0.509 e. The van der Waals surface area contributed by atoms with Gasteiger partial charge in [-0.2, -0.15) is 6.07 Å². The third-order valence-electron chi connectivity index (χ3n) is 15.0. The molecule has 9 aromatic carbocycles. The molecule has 0 unspecified atom stereocenters. The summed E-state index contributed by atoms with van der Waals surface area (Å²) in [5, 5.41) is 11.9. The van der Waals surface area contributed by atoms with Crippen molar-refractivity contribution in [2.45, 2.75) is 33.0 Å². The van der Waals surface area contributed by atoms with E-state index in [1.807, 2.05) is 30.5 Å². The molecule has 11 aromatic rings. The number of hydrogen-bond acceptors (Lipinski definition) is 4. The van der Waals surface area contributed by atoms with Gasteiger partial charge in [0.15, 0.2) is 8.07 Å². The molecular formula is C65H50BN4OPtSi-3. The summed E-state index contributed by atoms with van der Waals surface area (Å²) in [5.74, 6) is 2.08. The minimum absolute atomic E-state index is 0. The standard InChI is InChI=1S/C65H50BN4OSi.Pt/c1-65(2,3)45-37-38-67-61(39-45)70-55-33-20-36-59-62(55)63-56(70)41-48(42-60(63)72(59)57-34-16-12-29-51(57)66(4)52-30-13-17-35-58(52)72)71-47-26-18-25-46(40-47)68-53-31-14-15-32-54(53)69(5)64-49(43-21-8-6-9-22-43)27-19-28-50(64)44-23-10-7-11-24-44;/h6-39,42,68H,5H2,1-4H3;/q-3;. The molecule has 0 atom stereocenters. The Labute approximate surface area is 443 Å². The molecule has 2 aliphatic heterocycles. The average molecular weight is 1140 g/mol. The number of anilines is 4. The molecule has 0 saturated carbocycles. The Bertz CT molecular complexity index is 3820. The molecule has 0 aliphatic carbocycles. The maximum atomic E-state index is 7.08. The molecular weight excluding hydrogens is 1090 g/mol. The van der Waals surface area contributed by atoms with Gasteiger partial charge in [0, 0.05) is 66.8 Å². The normalized spacial score (nSPS) is 13.0. The number of nitrogens with one attached hydrogen (secondary N) is 1. The number of fused-ring (bicyclic) bond motifs is 6. The first-order chi connectivity index (χ1) is 35.2. The summed E-state index contributed by atoms with van der Waals surface area (Å²) in [6.07, 6.45) is 1.94. The monoisotopic (exact) mass is 1140 g/mol. The van der Waals surface area contributed by atoms with Crippen molar-refractivity contribution in [2.24, 2.45) is 0 Å². The average Bonchev–Trinajstić information content (AvgIpc) is 3.92. The van der Waals surface area contributed by atoms with Crippen molar-refractivity contribution in [3.05, 3.63) is 237 Å². The van der Waals surface area contributed by atoms with Crippen LogP contribution < -0.4 is 46.6 Å². The van der Waals surface area contributed by atoms with E-state index >= 15 is 0 Å². The molecule has 1 spiro atoms. The molecule has 8 heteroatoms. The Hall–Kier alpha value is -7.70. The van der Waals surface area contributed by atoms with Crippen molar-refractivity contribution >= 4 is 91.0 Å². The van der Waals surface area contributed by atoms with Crippen LogP contribution in [0.15, 0.2) is 212 Å². The number of ether oxygens (including phenoxy) is 1. The molecule has 5 nitrogen and oxygen atoms in total. The first-order valence-electron chi connectivity index (χ1n) is 24.8. The van der Waals surface area contributed by atoms with Gasteiger partial charge in [0.2, 0.25) is 6.71 Å². The van der Waals surface area contributed by atoms with E-state index in [1.165, 1.54) is 48.0 Å². The van der Waals surface area contributed by atoms with Gasteiger partial charge in [0.25, 0.3) is 0 Å². The second kappa shape index (κ2) is 18.1. The predicted molar refractivity (Wildman–Crippen MR) is 304 cm³/mol. The number of benzene rings is 9. The zero-order valence-electron chi connectivity index (χ0n) is 41.1. The Morgan fingerprint density at radius 3 is 1.89 bits per heavy atom. The van der Waals surface area contributed by atoms with Gasteiger partial charge < -0.3 is 19.5 Å². The summed E-state index contributed by atoms with van der Waals surface area (Å²) < 4.78 is 9.39. The van der Waals surface area contributed by atoms with E-state index < -0.39 is 8.07 Å². The molecule has 2 aliphatic rings. The number of aromatic nitrogens is 2. The zero-order chi connectivity index (χ0) is 48.7. The Balaban J connectivity index is 0.00000543. The summed E-state index contributed by atoms with van der Waals surface area (Å²) >= 11 is 0. The van der Waals surface area contributed by atoms with Crippen LogP contribution in [0, 0.1) is 19.2 Å². The van der Waals surface area contributed by atoms with Gasteiger partial charge in [0.05, 0.1) is 5.69 Å². The van der Waals surface area contributed by atoms with Gasteiger partial charge in [-0.05, 0) is 63.0 Å². The maximum absolute atomic E-state index is 7.08. The molecule has 0 saturated heterocycles. The first kappa shape index (κ1) is 46.4. The second-order valence-electron chi connectivity index (χ2n) is 20.1. The summed E-state index contributed by atoms with van der Waals surface area (Å²) in [4.78, 5) is 7.12. The van der Waals surface area contributed by atoms with Gasteiger partial charge in [0.1, 0.15) is 5.82 Å². The molecule has 2 aromatic heterocycles. The van der Waals surface area contributed by atoms with Crippen molar-refractivity contribution in [1.29, 1.82) is 0 Å². The van der Waals surface area contributed by atoms with Crippen LogP contribution in [0.5, 0.6) is 11.5 Å². The number of pyridine rings is 1. The summed E-state index contributed by atoms with van der Waals surface area (Å²) in [6.45, 7) is 9.38. The third-order valence-corrected chi connectivity index (χ3v) is 20.0. The summed E-state index contributed by atoms with van der Waals surface area (Å²) in [5.41, 5.74) is 14.0. The van der Waals surface area contributed by atoms with E-state index in [9.17, 15) is 0 Å². The minimum atomic E-state index is -2.89. The van der Waals surface area contributed by atoms with E-state index in [2.05, 4.69) is 237 Å². The van der Waals surface area contributed by atoms with Crippen molar-refractivity contribution in [2.75, 3.05) is 10.2 Å². The zero-order valence-corrected chi connectivity index (χ0v) is 44.3. The number of rotatable bonds is 9. The fourth-order valence-electron chi connectivity index (χ4n) is 11.8. The topological polar surface area (TPSA) is 42.3 Å². The van der Waals surface area contributed by atoms with Gasteiger partial charge >= 0.3 is 0 Å². The Morgan fingerprint density at radius 1 is 0.603 bits per heavy atom. The SMILES string of the molecule is [CH2-]N(c1ccccc1Nc1[c-]c(Oc2[c-]c3c4c(c2)[Si]2(c5ccccc5B(C)c5ccccc52)c2cccc(c24)n3-c2cc(C(C)(C)C)ccn2)ccc1)c1c(-c2ccccc2)cccc1-c1ccccc1.[Pt]. The van der Waals surface area contributed by atoms with Crippen molar-refractivity contribution in [3.63, 3.8) is 0 Å². The first-order valence-corrected chi connectivity index (χ1v) is 26.8. The van der Waals surface area contributed by atoms with E-state index in [4.69, 9.17) is 16.8 Å². The molecule has 0 bridgehead atoms. The Morgan fingerprint density at radius 2 is 1.21 bits per heavy atom. The molecule has 0 radical (unpaired) electrons. The Kier molecular flexibility index (Phi) is 11.5. The molecule has 0 amide bonds. The van der Waals surface area contributed by atoms with Crippen molar-refractivity contribution in [1.82, 2.24) is 9.55 Å². The molecule has 4 heterocycles. The van der Waals surface area contributed by atoms with Gasteiger partial charge in [-0.1, -0.05) is 212 Å². The summed E-state index contributed by atoms with van der Waals surface area (Å²) in [6, 6.07) is 81.3. The van der Waals surface area contributed by atoms with Crippen LogP contribution in [-0.2, 0) is 26.5 Å². The van der Waals surface area contributed by atoms with Crippen LogP contribution in [0.25, 0.3) is 49.9 Å². The van der Waals surface area contributed by atoms with E-state index in [1.54, 1.807) is 0 Å². The quantitative estimate of drug-likeness (QED) is 0.116. The molecule has 73 heavy (non-hydrogen) atoms. The fourth-order valence-corrected chi connectivity index (χ4v) is 17.6. The second-order valence-corrected chi connectivity index (χ2v) is 23.8. The van der Waals surface area contributed by atoms with Crippen molar-refractivity contribution < 1.29 is 25.8 Å². The molecule has 1 N–H and O–H groups in total. The number of nitrogens with zero attached hydrogens (tertiary/aromatic N) is 3. The maximum Gasteiger partial charge on any atom is 0.206 e. The van der Waals surface area contributed by atoms with Crippen LogP contribution in [-0.4, -0.2) is 24.3 Å². The van der Waals surface area contributed by atoms with Gasteiger partial charge in [-0.3, -0.25) is 7.05 Å². The van der Waals surface area contributed by atoms with Gasteiger partial charge in [-0.15, -0.1) is 40.9 Å². The van der Waals surface area contributed by atoms with Gasteiger partial charge in [-0.25, -0.2) is 4.98 Å². The molecule has 356 valence electrons. The number of para-hydroxylation sites is 3. The van der Waals surface area contributed by atoms with Crippen LogP contribution in [0.1, 0.15) is 26.3 Å². The smallest absolute Gasteiger partial charge is 0.206 e. The van der Waals surface area contributed by atoms with Crippen LogP contribution in [0.3, 0.4) is 0 Å². The summed E-state index contributed by atoms with van der Waals surface area (Å²) in [7, 11) is 1.85. The fraction of sp³-hybridized carbons (Fsp3) is 0.0769. The van der Waals surface area contributed by atoms with Crippen LogP contribution >= 0.6 is 0 Å². The van der Waals surface area contributed by atoms with E-state index in [-0.39, 0.29) is 33.2 Å².